The number of benzene rings is 2. The predicted molar refractivity (Wildman–Crippen MR) is 126 cm³/mol. The highest BCUT2D eigenvalue weighted by molar-refractivity contribution is 5.92. The van der Waals surface area contributed by atoms with E-state index in [1.165, 1.54) is 0 Å². The Morgan fingerprint density at radius 2 is 1.00 bits per heavy atom. The van der Waals surface area contributed by atoms with Crippen LogP contribution in [0.1, 0.15) is 88.7 Å². The molecule has 0 N–H and O–H groups in total. The van der Waals surface area contributed by atoms with E-state index in [1.807, 2.05) is 36.4 Å². The van der Waals surface area contributed by atoms with Gasteiger partial charge in [-0.05, 0) is 74.3 Å². The van der Waals surface area contributed by atoms with E-state index in [0.717, 1.165) is 25.7 Å². The van der Waals surface area contributed by atoms with E-state index in [-0.39, 0.29) is 5.78 Å². The highest BCUT2D eigenvalue weighted by Gasteiger charge is 2.59. The Balaban J connectivity index is 1.78. The zero-order valence-electron chi connectivity index (χ0n) is 19.4. The molecule has 0 bridgehead atoms. The van der Waals surface area contributed by atoms with Gasteiger partial charge in [-0.25, -0.2) is 8.78 Å². The van der Waals surface area contributed by atoms with Gasteiger partial charge < -0.3 is 0 Å². The summed E-state index contributed by atoms with van der Waals surface area (Å²) in [6.07, 6.45) is 2.46. The summed E-state index contributed by atoms with van der Waals surface area (Å²) in [6.45, 7) is 4.34. The zero-order chi connectivity index (χ0) is 22.8. The molecule has 0 aliphatic heterocycles. The van der Waals surface area contributed by atoms with Gasteiger partial charge in [-0.3, -0.25) is 4.79 Å². The third-order valence-corrected chi connectivity index (χ3v) is 8.39. The van der Waals surface area contributed by atoms with Crippen LogP contribution in [0.2, 0.25) is 0 Å². The quantitative estimate of drug-likeness (QED) is 0.443. The van der Waals surface area contributed by atoms with Gasteiger partial charge in [0.15, 0.2) is 5.78 Å². The van der Waals surface area contributed by atoms with E-state index in [4.69, 9.17) is 0 Å². The molecule has 2 saturated carbocycles. The maximum atomic E-state index is 16.4. The molecule has 2 unspecified atom stereocenters. The monoisotopic (exact) mass is 438 g/mol. The molecule has 1 nitrogen and oxygen atoms in total. The molecule has 2 fully saturated rings. The first-order chi connectivity index (χ1) is 15.4. The molecular weight excluding hydrogens is 402 g/mol. The second-order valence-electron chi connectivity index (χ2n) is 10.6. The summed E-state index contributed by atoms with van der Waals surface area (Å²) < 4.78 is 32.8. The topological polar surface area (TPSA) is 17.1 Å². The van der Waals surface area contributed by atoms with Gasteiger partial charge in [-0.15, -0.1) is 0 Å². The number of carbonyl (C=O) groups excluding carboxylic acids is 1. The summed E-state index contributed by atoms with van der Waals surface area (Å²) in [7, 11) is 0. The summed E-state index contributed by atoms with van der Waals surface area (Å²) in [5, 5.41) is 0. The van der Waals surface area contributed by atoms with Gasteiger partial charge in [0.2, 0.25) is 0 Å². The summed E-state index contributed by atoms with van der Waals surface area (Å²) in [5.74, 6) is 0.782. The van der Waals surface area contributed by atoms with Crippen molar-refractivity contribution in [1.82, 2.24) is 0 Å². The third kappa shape index (κ3) is 4.16. The fourth-order valence-electron chi connectivity index (χ4n) is 6.12. The third-order valence-electron chi connectivity index (χ3n) is 8.39. The van der Waals surface area contributed by atoms with Crippen molar-refractivity contribution < 1.29 is 13.6 Å². The fraction of sp³-hybridized carbons (Fsp3) is 0.552. The lowest BCUT2D eigenvalue weighted by molar-refractivity contribution is -0.155. The summed E-state index contributed by atoms with van der Waals surface area (Å²) in [5.41, 5.74) is -1.20. The first kappa shape index (κ1) is 23.1. The summed E-state index contributed by atoms with van der Waals surface area (Å²) in [6, 6.07) is 18.1. The summed E-state index contributed by atoms with van der Waals surface area (Å²) in [4.78, 5) is 14.6. The zero-order valence-corrected chi connectivity index (χ0v) is 19.4. The van der Waals surface area contributed by atoms with Crippen LogP contribution in [-0.2, 0) is 4.79 Å². The first-order valence-corrected chi connectivity index (χ1v) is 12.3. The number of hydrogen-bond donors (Lipinski definition) is 0. The van der Waals surface area contributed by atoms with Crippen molar-refractivity contribution in [3.63, 3.8) is 0 Å². The molecule has 0 spiro atoms. The van der Waals surface area contributed by atoms with Crippen molar-refractivity contribution in [2.45, 2.75) is 77.6 Å². The van der Waals surface area contributed by atoms with Crippen molar-refractivity contribution in [2.24, 2.45) is 22.7 Å². The number of alkyl halides is 2. The van der Waals surface area contributed by atoms with Crippen LogP contribution in [-0.4, -0.2) is 5.78 Å². The van der Waals surface area contributed by atoms with E-state index < -0.39 is 23.2 Å². The molecule has 2 atom stereocenters. The molecule has 0 radical (unpaired) electrons. The van der Waals surface area contributed by atoms with Crippen LogP contribution < -0.4 is 0 Å². The largest absolute Gasteiger partial charge is 0.298 e. The Morgan fingerprint density at radius 3 is 1.31 bits per heavy atom. The van der Waals surface area contributed by atoms with Crippen LogP contribution >= 0.6 is 0 Å². The molecule has 3 heteroatoms. The van der Waals surface area contributed by atoms with Crippen LogP contribution in [0.15, 0.2) is 60.7 Å². The molecule has 2 aromatic carbocycles. The SMILES string of the molecule is CC1CCC(C(=O)C2(C(F)c3ccccc3)CCC(C)CC2)(C(F)c2ccccc2)CC1. The molecule has 4 rings (SSSR count). The van der Waals surface area contributed by atoms with Crippen molar-refractivity contribution in [2.75, 3.05) is 0 Å². The minimum atomic E-state index is -1.40. The molecule has 2 aliphatic carbocycles. The van der Waals surface area contributed by atoms with Gasteiger partial charge in [-0.2, -0.15) is 0 Å². The fourth-order valence-corrected chi connectivity index (χ4v) is 6.12. The van der Waals surface area contributed by atoms with Gasteiger partial charge in [0.1, 0.15) is 12.3 Å². The van der Waals surface area contributed by atoms with E-state index in [2.05, 4.69) is 13.8 Å². The van der Waals surface area contributed by atoms with Crippen LogP contribution in [0, 0.1) is 22.7 Å². The summed E-state index contributed by atoms with van der Waals surface area (Å²) >= 11 is 0. The Kier molecular flexibility index (Phi) is 6.83. The Bertz CT molecular complexity index is 804. The van der Waals surface area contributed by atoms with E-state index >= 15 is 8.78 Å². The molecule has 0 aromatic heterocycles. The van der Waals surface area contributed by atoms with Gasteiger partial charge >= 0.3 is 0 Å². The lowest BCUT2D eigenvalue weighted by Crippen LogP contribution is -2.51. The molecular formula is C29H36F2O. The maximum Gasteiger partial charge on any atom is 0.151 e. The standard InChI is InChI=1S/C29H36F2O/c1-21-13-17-28(18-14-21,25(30)23-9-5-3-6-10-23)27(32)29(19-15-22(2)16-20-29)26(31)24-11-7-4-8-12-24/h3-12,21-22,25-26H,13-20H2,1-2H3. The molecule has 2 aromatic rings. The second-order valence-corrected chi connectivity index (χ2v) is 10.6. The van der Waals surface area contributed by atoms with Crippen molar-refractivity contribution in [3.05, 3.63) is 71.8 Å². The molecule has 0 heterocycles. The number of Topliss-reactive ketones (excluding diaryl/α,β-unsaturated/α-hetero) is 1. The Morgan fingerprint density at radius 1 is 0.688 bits per heavy atom. The average molecular weight is 439 g/mol. The van der Waals surface area contributed by atoms with E-state index in [9.17, 15) is 4.79 Å². The van der Waals surface area contributed by atoms with E-state index in [1.54, 1.807) is 24.3 Å². The maximum absolute atomic E-state index is 16.4. The van der Waals surface area contributed by atoms with E-state index in [0.29, 0.717) is 48.6 Å². The molecule has 32 heavy (non-hydrogen) atoms. The lowest BCUT2D eigenvalue weighted by atomic mass is 9.53. The highest BCUT2D eigenvalue weighted by Crippen LogP contribution is 2.59. The lowest BCUT2D eigenvalue weighted by Gasteiger charge is -2.49. The Labute approximate surface area is 191 Å². The minimum Gasteiger partial charge on any atom is -0.298 e. The number of hydrogen-bond acceptors (Lipinski definition) is 1. The van der Waals surface area contributed by atoms with Crippen LogP contribution in [0.5, 0.6) is 0 Å². The van der Waals surface area contributed by atoms with Crippen molar-refractivity contribution in [1.29, 1.82) is 0 Å². The number of ketones is 1. The minimum absolute atomic E-state index is 0.156. The first-order valence-electron chi connectivity index (χ1n) is 12.3. The number of carbonyl (C=O) groups is 1. The number of halogens is 2. The number of rotatable bonds is 6. The van der Waals surface area contributed by atoms with Crippen LogP contribution in [0.3, 0.4) is 0 Å². The van der Waals surface area contributed by atoms with Gasteiger partial charge in [0, 0.05) is 0 Å². The Hall–Kier alpha value is -2.03. The smallest absolute Gasteiger partial charge is 0.151 e. The van der Waals surface area contributed by atoms with Crippen LogP contribution in [0.25, 0.3) is 0 Å². The van der Waals surface area contributed by atoms with Crippen LogP contribution in [0.4, 0.5) is 8.78 Å². The van der Waals surface area contributed by atoms with Gasteiger partial charge in [0.25, 0.3) is 0 Å². The van der Waals surface area contributed by atoms with Gasteiger partial charge in [-0.1, -0.05) is 74.5 Å². The second kappa shape index (κ2) is 9.45. The predicted octanol–water partition coefficient (Wildman–Crippen LogP) is 8.37. The van der Waals surface area contributed by atoms with Crippen molar-refractivity contribution in [3.8, 4) is 0 Å². The molecule has 2 aliphatic rings. The van der Waals surface area contributed by atoms with Gasteiger partial charge in [0.05, 0.1) is 10.8 Å². The normalized spacial score (nSPS) is 32.8. The van der Waals surface area contributed by atoms with Crippen molar-refractivity contribution >= 4 is 5.78 Å². The average Bonchev–Trinajstić information content (AvgIpc) is 2.85. The molecule has 0 saturated heterocycles. The molecule has 172 valence electrons. The molecule has 0 amide bonds. The highest BCUT2D eigenvalue weighted by atomic mass is 19.1.